The van der Waals surface area contributed by atoms with Crippen LogP contribution < -0.4 is 5.73 Å². The van der Waals surface area contributed by atoms with E-state index in [1.165, 1.54) is 12.8 Å². The summed E-state index contributed by atoms with van der Waals surface area (Å²) in [6, 6.07) is 1.08. The Morgan fingerprint density at radius 3 is 2.14 bits per heavy atom. The molecule has 1 rings (SSSR count). The summed E-state index contributed by atoms with van der Waals surface area (Å²) >= 11 is 0. The predicted molar refractivity (Wildman–Crippen MR) is 60.6 cm³/mol. The molecular formula is C11H25N3. The Balaban J connectivity index is 2.65. The topological polar surface area (TPSA) is 32.5 Å². The summed E-state index contributed by atoms with van der Waals surface area (Å²) in [4.78, 5) is 0. The van der Waals surface area contributed by atoms with Crippen molar-refractivity contribution in [2.45, 2.75) is 65.2 Å². The first-order valence-corrected chi connectivity index (χ1v) is 5.84. The van der Waals surface area contributed by atoms with Crippen molar-refractivity contribution >= 4 is 0 Å². The molecule has 0 radical (unpaired) electrons. The first-order chi connectivity index (χ1) is 6.54. The molecule has 0 spiro atoms. The zero-order valence-corrected chi connectivity index (χ0v) is 10.0. The fraction of sp³-hybridized carbons (Fsp3) is 1.00. The monoisotopic (exact) mass is 199 g/mol. The number of rotatable bonds is 3. The Kier molecular flexibility index (Phi) is 4.35. The van der Waals surface area contributed by atoms with Crippen LogP contribution in [0, 0.1) is 0 Å². The molecule has 0 aromatic rings. The summed E-state index contributed by atoms with van der Waals surface area (Å²) in [6.07, 6.45) is 3.93. The first kappa shape index (κ1) is 12.0. The number of nitrogens with two attached hydrogens (primary N) is 1. The van der Waals surface area contributed by atoms with Crippen molar-refractivity contribution < 1.29 is 0 Å². The van der Waals surface area contributed by atoms with Crippen LogP contribution in [0.3, 0.4) is 0 Å². The van der Waals surface area contributed by atoms with Gasteiger partial charge in [-0.1, -0.05) is 0 Å². The highest BCUT2D eigenvalue weighted by Gasteiger charge is 2.27. The van der Waals surface area contributed by atoms with E-state index in [1.54, 1.807) is 0 Å². The van der Waals surface area contributed by atoms with Crippen molar-refractivity contribution in [2.75, 3.05) is 6.54 Å². The van der Waals surface area contributed by atoms with E-state index in [-0.39, 0.29) is 6.17 Å². The lowest BCUT2D eigenvalue weighted by molar-refractivity contribution is -0.117. The second kappa shape index (κ2) is 5.10. The average molecular weight is 199 g/mol. The molecule has 3 heteroatoms. The summed E-state index contributed by atoms with van der Waals surface area (Å²) in [5.74, 6) is 0. The van der Waals surface area contributed by atoms with Gasteiger partial charge in [-0.05, 0) is 47.0 Å². The molecule has 84 valence electrons. The molecule has 1 aliphatic heterocycles. The predicted octanol–water partition coefficient (Wildman–Crippen LogP) is 1.79. The highest BCUT2D eigenvalue weighted by molar-refractivity contribution is 4.74. The van der Waals surface area contributed by atoms with E-state index >= 15 is 0 Å². The van der Waals surface area contributed by atoms with E-state index in [1.807, 2.05) is 0 Å². The van der Waals surface area contributed by atoms with Gasteiger partial charge in [-0.25, -0.2) is 10.0 Å². The van der Waals surface area contributed by atoms with Crippen LogP contribution in [-0.2, 0) is 0 Å². The van der Waals surface area contributed by atoms with E-state index in [2.05, 4.69) is 37.7 Å². The molecule has 2 N–H and O–H groups in total. The standard InChI is InChI=1S/C11H25N3/c1-9(2)14(10(3)4)13-8-6-5-7-11(13)12/h9-11H,5-8,12H2,1-4H3. The van der Waals surface area contributed by atoms with Gasteiger partial charge < -0.3 is 5.73 Å². The van der Waals surface area contributed by atoms with Crippen LogP contribution in [0.2, 0.25) is 0 Å². The maximum absolute atomic E-state index is 6.14. The van der Waals surface area contributed by atoms with Gasteiger partial charge in [0.1, 0.15) is 0 Å². The SMILES string of the molecule is CC(C)N(C(C)C)N1CCCCC1N. The van der Waals surface area contributed by atoms with Crippen molar-refractivity contribution in [1.82, 2.24) is 10.0 Å². The highest BCUT2D eigenvalue weighted by atomic mass is 15.7. The minimum atomic E-state index is 0.230. The molecule has 0 aromatic heterocycles. The largest absolute Gasteiger partial charge is 0.315 e. The minimum Gasteiger partial charge on any atom is -0.315 e. The molecule has 0 aromatic carbocycles. The van der Waals surface area contributed by atoms with Crippen LogP contribution in [0.15, 0.2) is 0 Å². The van der Waals surface area contributed by atoms with Crippen LogP contribution in [0.5, 0.6) is 0 Å². The normalized spacial score (nSPS) is 25.3. The van der Waals surface area contributed by atoms with Crippen molar-refractivity contribution in [3.8, 4) is 0 Å². The van der Waals surface area contributed by atoms with Gasteiger partial charge in [-0.3, -0.25) is 0 Å². The third kappa shape index (κ3) is 2.69. The van der Waals surface area contributed by atoms with Crippen LogP contribution in [0.25, 0.3) is 0 Å². The van der Waals surface area contributed by atoms with Crippen LogP contribution in [0.4, 0.5) is 0 Å². The molecule has 1 saturated heterocycles. The van der Waals surface area contributed by atoms with Gasteiger partial charge in [0.05, 0.1) is 6.17 Å². The smallest absolute Gasteiger partial charge is 0.0710 e. The second-order valence-corrected chi connectivity index (χ2v) is 4.79. The van der Waals surface area contributed by atoms with Crippen LogP contribution in [-0.4, -0.2) is 34.8 Å². The number of hydrogen-bond acceptors (Lipinski definition) is 3. The van der Waals surface area contributed by atoms with Crippen LogP contribution in [0.1, 0.15) is 47.0 Å². The van der Waals surface area contributed by atoms with Gasteiger partial charge >= 0.3 is 0 Å². The van der Waals surface area contributed by atoms with Gasteiger partial charge in [0.15, 0.2) is 0 Å². The van der Waals surface area contributed by atoms with E-state index in [9.17, 15) is 0 Å². The van der Waals surface area contributed by atoms with Gasteiger partial charge in [0.2, 0.25) is 0 Å². The Labute approximate surface area is 88.2 Å². The molecule has 0 bridgehead atoms. The maximum Gasteiger partial charge on any atom is 0.0710 e. The van der Waals surface area contributed by atoms with Gasteiger partial charge in [-0.2, -0.15) is 0 Å². The van der Waals surface area contributed by atoms with E-state index in [0.29, 0.717) is 12.1 Å². The van der Waals surface area contributed by atoms with Crippen molar-refractivity contribution in [2.24, 2.45) is 5.73 Å². The molecule has 1 atom stereocenters. The molecule has 1 fully saturated rings. The third-order valence-electron chi connectivity index (χ3n) is 2.87. The average Bonchev–Trinajstić information content (AvgIpc) is 2.07. The van der Waals surface area contributed by atoms with Crippen molar-refractivity contribution in [1.29, 1.82) is 0 Å². The molecule has 1 heterocycles. The molecule has 14 heavy (non-hydrogen) atoms. The molecule has 0 amide bonds. The Morgan fingerprint density at radius 1 is 1.14 bits per heavy atom. The first-order valence-electron chi connectivity index (χ1n) is 5.84. The maximum atomic E-state index is 6.14. The van der Waals surface area contributed by atoms with Crippen LogP contribution >= 0.6 is 0 Å². The quantitative estimate of drug-likeness (QED) is 0.752. The molecule has 1 aliphatic rings. The summed E-state index contributed by atoms with van der Waals surface area (Å²) in [5.41, 5.74) is 6.14. The Hall–Kier alpha value is -0.120. The second-order valence-electron chi connectivity index (χ2n) is 4.79. The molecule has 1 unspecified atom stereocenters. The summed E-state index contributed by atoms with van der Waals surface area (Å²) in [5, 5.41) is 4.78. The lowest BCUT2D eigenvalue weighted by atomic mass is 10.1. The Bertz CT molecular complexity index is 160. The Morgan fingerprint density at radius 2 is 1.71 bits per heavy atom. The lowest BCUT2D eigenvalue weighted by Gasteiger charge is -2.46. The zero-order chi connectivity index (χ0) is 10.7. The zero-order valence-electron chi connectivity index (χ0n) is 10.0. The molecule has 0 aliphatic carbocycles. The molecule has 0 saturated carbocycles. The van der Waals surface area contributed by atoms with E-state index in [4.69, 9.17) is 5.73 Å². The van der Waals surface area contributed by atoms with Gasteiger partial charge in [-0.15, -0.1) is 0 Å². The van der Waals surface area contributed by atoms with Gasteiger partial charge in [0.25, 0.3) is 0 Å². The lowest BCUT2D eigenvalue weighted by Crippen LogP contribution is -2.59. The highest BCUT2D eigenvalue weighted by Crippen LogP contribution is 2.19. The summed E-state index contributed by atoms with van der Waals surface area (Å²) in [7, 11) is 0. The summed E-state index contributed by atoms with van der Waals surface area (Å²) in [6.45, 7) is 10.1. The third-order valence-corrected chi connectivity index (χ3v) is 2.87. The van der Waals surface area contributed by atoms with E-state index < -0.39 is 0 Å². The number of hydrazine groups is 1. The molecular weight excluding hydrogens is 174 g/mol. The van der Waals surface area contributed by atoms with Gasteiger partial charge in [0, 0.05) is 18.6 Å². The summed E-state index contributed by atoms with van der Waals surface area (Å²) < 4.78 is 0. The number of piperidine rings is 1. The van der Waals surface area contributed by atoms with Crippen molar-refractivity contribution in [3.63, 3.8) is 0 Å². The fourth-order valence-electron chi connectivity index (χ4n) is 2.42. The number of nitrogens with zero attached hydrogens (tertiary/aromatic N) is 2. The minimum absolute atomic E-state index is 0.230. The fourth-order valence-corrected chi connectivity index (χ4v) is 2.42. The van der Waals surface area contributed by atoms with Crippen molar-refractivity contribution in [3.05, 3.63) is 0 Å². The number of hydrogen-bond donors (Lipinski definition) is 1. The molecule has 3 nitrogen and oxygen atoms in total. The van der Waals surface area contributed by atoms with E-state index in [0.717, 1.165) is 13.0 Å².